The van der Waals surface area contributed by atoms with Gasteiger partial charge in [0.05, 0.1) is 5.56 Å². The lowest BCUT2D eigenvalue weighted by Gasteiger charge is -2.19. The van der Waals surface area contributed by atoms with Gasteiger partial charge in [0.25, 0.3) is 0 Å². The second-order valence-corrected chi connectivity index (χ2v) is 5.51. The maximum absolute atomic E-state index is 13.0. The molecule has 5 heteroatoms. The van der Waals surface area contributed by atoms with Crippen LogP contribution in [0.2, 0.25) is 0 Å². The molecular formula is C15H16F3NS. The standard InChI is InChI=1S/C15H16F3NS/c1-10-8-20-9-12(10)7-19-11(2)13-5-3-4-6-14(13)15(16,17)18/h3-6,8-9,11,19H,7H2,1-2H3. The summed E-state index contributed by atoms with van der Waals surface area (Å²) in [6, 6.07) is 5.36. The largest absolute Gasteiger partial charge is 0.416 e. The SMILES string of the molecule is Cc1cscc1CNC(C)c1ccccc1C(F)(F)F. The van der Waals surface area contributed by atoms with E-state index >= 15 is 0 Å². The molecule has 108 valence electrons. The number of rotatable bonds is 4. The molecule has 0 radical (unpaired) electrons. The summed E-state index contributed by atoms with van der Waals surface area (Å²) in [4.78, 5) is 0. The van der Waals surface area contributed by atoms with E-state index in [1.165, 1.54) is 17.7 Å². The van der Waals surface area contributed by atoms with E-state index in [2.05, 4.69) is 5.32 Å². The van der Waals surface area contributed by atoms with Gasteiger partial charge < -0.3 is 5.32 Å². The third-order valence-electron chi connectivity index (χ3n) is 3.29. The van der Waals surface area contributed by atoms with Crippen molar-refractivity contribution in [1.29, 1.82) is 0 Å². The van der Waals surface area contributed by atoms with Crippen LogP contribution in [0.4, 0.5) is 13.2 Å². The van der Waals surface area contributed by atoms with E-state index in [-0.39, 0.29) is 11.6 Å². The smallest absolute Gasteiger partial charge is 0.306 e. The molecule has 20 heavy (non-hydrogen) atoms. The van der Waals surface area contributed by atoms with Crippen LogP contribution in [-0.2, 0) is 12.7 Å². The predicted molar refractivity (Wildman–Crippen MR) is 75.8 cm³/mol. The van der Waals surface area contributed by atoms with Gasteiger partial charge in [-0.2, -0.15) is 24.5 Å². The fourth-order valence-electron chi connectivity index (χ4n) is 2.07. The minimum Gasteiger partial charge on any atom is -0.306 e. The van der Waals surface area contributed by atoms with Gasteiger partial charge in [-0.3, -0.25) is 0 Å². The van der Waals surface area contributed by atoms with Crippen molar-refractivity contribution < 1.29 is 13.2 Å². The Morgan fingerprint density at radius 1 is 1.20 bits per heavy atom. The molecule has 0 fully saturated rings. The van der Waals surface area contributed by atoms with Crippen molar-refractivity contribution in [1.82, 2.24) is 5.32 Å². The molecule has 0 aliphatic carbocycles. The zero-order valence-electron chi connectivity index (χ0n) is 11.3. The molecule has 2 rings (SSSR count). The summed E-state index contributed by atoms with van der Waals surface area (Å²) in [6.45, 7) is 4.33. The normalized spacial score (nSPS) is 13.4. The van der Waals surface area contributed by atoms with E-state index in [0.717, 1.165) is 11.6 Å². The van der Waals surface area contributed by atoms with E-state index in [0.29, 0.717) is 6.54 Å². The molecule has 1 nitrogen and oxygen atoms in total. The van der Waals surface area contributed by atoms with Crippen LogP contribution in [0.3, 0.4) is 0 Å². The first kappa shape index (κ1) is 15.1. The maximum Gasteiger partial charge on any atom is 0.416 e. The molecule has 0 saturated heterocycles. The van der Waals surface area contributed by atoms with Gasteiger partial charge in [0.15, 0.2) is 0 Å². The second kappa shape index (κ2) is 5.97. The molecule has 0 bridgehead atoms. The first-order valence-corrected chi connectivity index (χ1v) is 7.25. The number of halogens is 3. The third-order valence-corrected chi connectivity index (χ3v) is 4.20. The van der Waals surface area contributed by atoms with Crippen LogP contribution >= 0.6 is 11.3 Å². The lowest BCUT2D eigenvalue weighted by atomic mass is 10.0. The molecule has 2 aromatic rings. The Balaban J connectivity index is 2.14. The summed E-state index contributed by atoms with van der Waals surface area (Å²) in [6.07, 6.45) is -4.31. The number of hydrogen-bond acceptors (Lipinski definition) is 2. The van der Waals surface area contributed by atoms with Gasteiger partial charge in [0, 0.05) is 12.6 Å². The van der Waals surface area contributed by atoms with Gasteiger partial charge >= 0.3 is 6.18 Å². The summed E-state index contributed by atoms with van der Waals surface area (Å²) in [5.41, 5.74) is 2.01. The topological polar surface area (TPSA) is 12.0 Å². The number of nitrogens with one attached hydrogen (secondary N) is 1. The van der Waals surface area contributed by atoms with Gasteiger partial charge in [-0.25, -0.2) is 0 Å². The fourth-order valence-corrected chi connectivity index (χ4v) is 2.93. The van der Waals surface area contributed by atoms with E-state index in [4.69, 9.17) is 0 Å². The Bertz CT molecular complexity index is 574. The highest BCUT2D eigenvalue weighted by Crippen LogP contribution is 2.34. The quantitative estimate of drug-likeness (QED) is 0.844. The van der Waals surface area contributed by atoms with Crippen LogP contribution in [0.15, 0.2) is 35.0 Å². The fraction of sp³-hybridized carbons (Fsp3) is 0.333. The Hall–Kier alpha value is -1.33. The number of benzene rings is 1. The van der Waals surface area contributed by atoms with Crippen molar-refractivity contribution in [3.05, 3.63) is 57.3 Å². The van der Waals surface area contributed by atoms with Crippen molar-refractivity contribution in [3.8, 4) is 0 Å². The molecule has 0 aliphatic heterocycles. The lowest BCUT2D eigenvalue weighted by molar-refractivity contribution is -0.138. The average Bonchev–Trinajstić information content (AvgIpc) is 2.80. The Morgan fingerprint density at radius 2 is 1.90 bits per heavy atom. The average molecular weight is 299 g/mol. The lowest BCUT2D eigenvalue weighted by Crippen LogP contribution is -2.21. The molecular weight excluding hydrogens is 283 g/mol. The maximum atomic E-state index is 13.0. The number of aryl methyl sites for hydroxylation is 1. The first-order chi connectivity index (χ1) is 9.39. The van der Waals surface area contributed by atoms with Crippen molar-refractivity contribution >= 4 is 11.3 Å². The molecule has 1 unspecified atom stereocenters. The van der Waals surface area contributed by atoms with Crippen molar-refractivity contribution in [3.63, 3.8) is 0 Å². The van der Waals surface area contributed by atoms with E-state index < -0.39 is 11.7 Å². The monoisotopic (exact) mass is 299 g/mol. The van der Waals surface area contributed by atoms with Crippen molar-refractivity contribution in [2.24, 2.45) is 0 Å². The van der Waals surface area contributed by atoms with E-state index in [1.807, 2.05) is 17.7 Å². The van der Waals surface area contributed by atoms with Crippen molar-refractivity contribution in [2.75, 3.05) is 0 Å². The Kier molecular flexibility index (Phi) is 4.50. The zero-order valence-corrected chi connectivity index (χ0v) is 12.1. The molecule has 0 spiro atoms. The van der Waals surface area contributed by atoms with Gasteiger partial charge in [-0.05, 0) is 47.4 Å². The van der Waals surface area contributed by atoms with Gasteiger partial charge in [-0.15, -0.1) is 0 Å². The van der Waals surface area contributed by atoms with Crippen LogP contribution in [-0.4, -0.2) is 0 Å². The van der Waals surface area contributed by atoms with Gasteiger partial charge in [0.1, 0.15) is 0 Å². The highest BCUT2D eigenvalue weighted by Gasteiger charge is 2.33. The molecule has 1 aromatic carbocycles. The summed E-state index contributed by atoms with van der Waals surface area (Å²) in [5, 5.41) is 7.21. The van der Waals surface area contributed by atoms with E-state index in [9.17, 15) is 13.2 Å². The summed E-state index contributed by atoms with van der Waals surface area (Å²) in [7, 11) is 0. The molecule has 0 amide bonds. The first-order valence-electron chi connectivity index (χ1n) is 6.30. The molecule has 1 atom stereocenters. The molecule has 0 aliphatic rings. The number of alkyl halides is 3. The Morgan fingerprint density at radius 3 is 2.50 bits per heavy atom. The van der Waals surface area contributed by atoms with Crippen molar-refractivity contribution in [2.45, 2.75) is 32.6 Å². The minimum absolute atomic E-state index is 0.285. The summed E-state index contributed by atoms with van der Waals surface area (Å²) < 4.78 is 38.9. The highest BCUT2D eigenvalue weighted by atomic mass is 32.1. The molecule has 1 N–H and O–H groups in total. The van der Waals surface area contributed by atoms with Crippen LogP contribution in [0.5, 0.6) is 0 Å². The minimum atomic E-state index is -4.31. The highest BCUT2D eigenvalue weighted by molar-refractivity contribution is 7.08. The van der Waals surface area contributed by atoms with Gasteiger partial charge in [-0.1, -0.05) is 18.2 Å². The second-order valence-electron chi connectivity index (χ2n) is 4.77. The zero-order chi connectivity index (χ0) is 14.8. The third kappa shape index (κ3) is 3.41. The van der Waals surface area contributed by atoms with E-state index in [1.54, 1.807) is 24.3 Å². The van der Waals surface area contributed by atoms with Crippen LogP contribution in [0, 0.1) is 6.92 Å². The molecule has 1 heterocycles. The number of thiophene rings is 1. The summed E-state index contributed by atoms with van der Waals surface area (Å²) in [5.74, 6) is 0. The summed E-state index contributed by atoms with van der Waals surface area (Å²) >= 11 is 1.60. The predicted octanol–water partition coefficient (Wildman–Crippen LogP) is 4.93. The van der Waals surface area contributed by atoms with Crippen LogP contribution < -0.4 is 5.32 Å². The number of hydrogen-bond donors (Lipinski definition) is 1. The van der Waals surface area contributed by atoms with Gasteiger partial charge in [0.2, 0.25) is 0 Å². The Labute approximate surface area is 120 Å². The van der Waals surface area contributed by atoms with Crippen LogP contribution in [0.25, 0.3) is 0 Å². The molecule has 1 aromatic heterocycles. The molecule has 0 saturated carbocycles. The van der Waals surface area contributed by atoms with Crippen LogP contribution in [0.1, 0.15) is 35.2 Å².